The summed E-state index contributed by atoms with van der Waals surface area (Å²) < 4.78 is 19.8. The molecular formula is C20H15FN8O3. The number of nitrogens with zero attached hydrogens (tertiary/aromatic N) is 7. The number of imide groups is 1. The average molecular weight is 434 g/mol. The minimum Gasteiger partial charge on any atom is -0.337 e. The highest BCUT2D eigenvalue weighted by Crippen LogP contribution is 2.31. The number of benzene rings is 2. The molecule has 0 saturated carbocycles. The van der Waals surface area contributed by atoms with E-state index in [1.807, 2.05) is 0 Å². The molecule has 12 heteroatoms. The first-order valence-electron chi connectivity index (χ1n) is 9.50. The summed E-state index contributed by atoms with van der Waals surface area (Å²) in [6.07, 6.45) is 1.43. The highest BCUT2D eigenvalue weighted by Gasteiger charge is 2.49. The van der Waals surface area contributed by atoms with E-state index in [1.165, 1.54) is 35.3 Å². The molecule has 0 bridgehead atoms. The van der Waals surface area contributed by atoms with Crippen molar-refractivity contribution in [2.24, 2.45) is 0 Å². The average Bonchev–Trinajstić information content (AvgIpc) is 3.53. The zero-order valence-corrected chi connectivity index (χ0v) is 16.6. The van der Waals surface area contributed by atoms with Gasteiger partial charge in [-0.15, -0.1) is 5.10 Å². The van der Waals surface area contributed by atoms with E-state index in [4.69, 9.17) is 4.52 Å². The van der Waals surface area contributed by atoms with Gasteiger partial charge in [0, 0.05) is 5.56 Å². The number of urea groups is 1. The minimum absolute atomic E-state index is 0.0690. The summed E-state index contributed by atoms with van der Waals surface area (Å²) in [6.45, 7) is 1.41. The first-order valence-corrected chi connectivity index (χ1v) is 9.50. The number of carbonyl (C=O) groups excluding carboxylic acids is 2. The fraction of sp³-hybridized carbons (Fsp3) is 0.150. The normalized spacial score (nSPS) is 18.2. The summed E-state index contributed by atoms with van der Waals surface area (Å²) in [5, 5.41) is 17.6. The predicted molar refractivity (Wildman–Crippen MR) is 105 cm³/mol. The number of halogens is 1. The first kappa shape index (κ1) is 19.5. The smallest absolute Gasteiger partial charge is 0.325 e. The number of hydrogen-bond acceptors (Lipinski definition) is 8. The summed E-state index contributed by atoms with van der Waals surface area (Å²) in [7, 11) is 0. The molecule has 32 heavy (non-hydrogen) atoms. The van der Waals surface area contributed by atoms with Gasteiger partial charge in [-0.2, -0.15) is 4.98 Å². The summed E-state index contributed by atoms with van der Waals surface area (Å²) in [5.41, 5.74) is 0.433. The first-order chi connectivity index (χ1) is 15.4. The summed E-state index contributed by atoms with van der Waals surface area (Å²) in [6, 6.07) is 11.9. The molecule has 11 nitrogen and oxygen atoms in total. The molecule has 5 rings (SSSR count). The summed E-state index contributed by atoms with van der Waals surface area (Å²) in [4.78, 5) is 31.1. The third kappa shape index (κ3) is 3.27. The second kappa shape index (κ2) is 7.34. The van der Waals surface area contributed by atoms with E-state index in [0.717, 1.165) is 4.90 Å². The van der Waals surface area contributed by atoms with Gasteiger partial charge >= 0.3 is 6.03 Å². The van der Waals surface area contributed by atoms with Crippen molar-refractivity contribution in [2.45, 2.75) is 19.0 Å². The fourth-order valence-electron chi connectivity index (χ4n) is 3.45. The Morgan fingerprint density at radius 2 is 1.97 bits per heavy atom. The van der Waals surface area contributed by atoms with Gasteiger partial charge < -0.3 is 9.84 Å². The standard InChI is InChI=1S/C20H15FN8O3/c1-20(13-3-2-4-15(9-13)29-11-22-26-27-29)18(30)28(19(31)24-20)10-16-23-17(25-32-16)12-5-7-14(21)8-6-12/h2-9,11H,10H2,1H3,(H,24,31)/t20-/m0/s1. The van der Waals surface area contributed by atoms with Gasteiger partial charge in [0.2, 0.25) is 11.7 Å². The molecular weight excluding hydrogens is 419 g/mol. The highest BCUT2D eigenvalue weighted by atomic mass is 19.1. The van der Waals surface area contributed by atoms with E-state index in [-0.39, 0.29) is 24.1 Å². The molecule has 0 radical (unpaired) electrons. The Hall–Kier alpha value is -4.48. The topological polar surface area (TPSA) is 132 Å². The number of carbonyl (C=O) groups is 2. The van der Waals surface area contributed by atoms with Crippen molar-refractivity contribution >= 4 is 11.9 Å². The lowest BCUT2D eigenvalue weighted by Gasteiger charge is -2.22. The summed E-state index contributed by atoms with van der Waals surface area (Å²) >= 11 is 0. The van der Waals surface area contributed by atoms with E-state index in [9.17, 15) is 14.0 Å². The lowest BCUT2D eigenvalue weighted by atomic mass is 9.91. The van der Waals surface area contributed by atoms with Crippen LogP contribution in [0.1, 0.15) is 18.4 Å². The third-order valence-electron chi connectivity index (χ3n) is 5.18. The van der Waals surface area contributed by atoms with Crippen molar-refractivity contribution < 1.29 is 18.5 Å². The van der Waals surface area contributed by atoms with Crippen molar-refractivity contribution in [1.82, 2.24) is 40.6 Å². The Kier molecular flexibility index (Phi) is 4.47. The van der Waals surface area contributed by atoms with Gasteiger partial charge in [0.15, 0.2) is 0 Å². The Morgan fingerprint density at radius 1 is 1.16 bits per heavy atom. The van der Waals surface area contributed by atoms with Gasteiger partial charge in [-0.3, -0.25) is 9.69 Å². The van der Waals surface area contributed by atoms with Crippen molar-refractivity contribution in [3.8, 4) is 17.1 Å². The van der Waals surface area contributed by atoms with Crippen molar-refractivity contribution in [3.05, 3.63) is 72.1 Å². The van der Waals surface area contributed by atoms with Crippen LogP contribution in [-0.2, 0) is 16.9 Å². The van der Waals surface area contributed by atoms with Gasteiger partial charge in [-0.25, -0.2) is 13.9 Å². The summed E-state index contributed by atoms with van der Waals surface area (Å²) in [5.74, 6) is -0.568. The van der Waals surface area contributed by atoms with Crippen LogP contribution in [0.5, 0.6) is 0 Å². The lowest BCUT2D eigenvalue weighted by Crippen LogP contribution is -2.40. The zero-order chi connectivity index (χ0) is 22.3. The van der Waals surface area contributed by atoms with Gasteiger partial charge in [-0.05, 0) is 59.3 Å². The molecule has 1 saturated heterocycles. The number of tetrazole rings is 1. The number of hydrogen-bond donors (Lipinski definition) is 1. The highest BCUT2D eigenvalue weighted by molar-refractivity contribution is 6.07. The molecule has 2 aromatic carbocycles. The molecule has 4 aromatic rings. The van der Waals surface area contributed by atoms with Crippen LogP contribution < -0.4 is 5.32 Å². The molecule has 0 spiro atoms. The van der Waals surface area contributed by atoms with Crippen LogP contribution in [0.4, 0.5) is 9.18 Å². The van der Waals surface area contributed by atoms with Crippen LogP contribution in [0, 0.1) is 5.82 Å². The number of rotatable bonds is 5. The molecule has 0 aliphatic carbocycles. The maximum Gasteiger partial charge on any atom is 0.325 e. The van der Waals surface area contributed by atoms with Crippen LogP contribution >= 0.6 is 0 Å². The fourth-order valence-corrected chi connectivity index (χ4v) is 3.45. The maximum atomic E-state index is 13.2. The number of amides is 3. The van der Waals surface area contributed by atoms with E-state index in [1.54, 1.807) is 31.2 Å². The van der Waals surface area contributed by atoms with Crippen LogP contribution in [0.3, 0.4) is 0 Å². The molecule has 3 heterocycles. The molecule has 2 aromatic heterocycles. The molecule has 0 unspecified atom stereocenters. The second-order valence-corrected chi connectivity index (χ2v) is 7.27. The Morgan fingerprint density at radius 3 is 2.72 bits per heavy atom. The van der Waals surface area contributed by atoms with Crippen LogP contribution in [0.15, 0.2) is 59.4 Å². The van der Waals surface area contributed by atoms with Crippen molar-refractivity contribution in [2.75, 3.05) is 0 Å². The van der Waals surface area contributed by atoms with Crippen LogP contribution in [0.25, 0.3) is 17.1 Å². The van der Waals surface area contributed by atoms with E-state index >= 15 is 0 Å². The van der Waals surface area contributed by atoms with Gasteiger partial charge in [-0.1, -0.05) is 17.3 Å². The quantitative estimate of drug-likeness (QED) is 0.471. The Labute approximate surface area is 179 Å². The van der Waals surface area contributed by atoms with Crippen LogP contribution in [-0.4, -0.2) is 47.2 Å². The Balaban J connectivity index is 1.39. The van der Waals surface area contributed by atoms with E-state index < -0.39 is 17.5 Å². The maximum absolute atomic E-state index is 13.2. The molecule has 1 fully saturated rings. The molecule has 160 valence electrons. The molecule has 3 amide bonds. The SMILES string of the molecule is C[C@@]1(c2cccc(-n3cnnn3)c2)NC(=O)N(Cc2nc(-c3ccc(F)cc3)no2)C1=O. The zero-order valence-electron chi connectivity index (χ0n) is 16.6. The number of nitrogens with one attached hydrogen (secondary N) is 1. The largest absolute Gasteiger partial charge is 0.337 e. The monoisotopic (exact) mass is 434 g/mol. The van der Waals surface area contributed by atoms with Crippen molar-refractivity contribution in [1.29, 1.82) is 0 Å². The van der Waals surface area contributed by atoms with Gasteiger partial charge in [0.25, 0.3) is 5.91 Å². The molecule has 1 atom stereocenters. The number of aromatic nitrogens is 6. The van der Waals surface area contributed by atoms with Crippen molar-refractivity contribution in [3.63, 3.8) is 0 Å². The van der Waals surface area contributed by atoms with Gasteiger partial charge in [0.1, 0.15) is 24.2 Å². The molecule has 1 aliphatic rings. The minimum atomic E-state index is -1.30. The molecule has 1 N–H and O–H groups in total. The third-order valence-corrected chi connectivity index (χ3v) is 5.18. The van der Waals surface area contributed by atoms with E-state index in [0.29, 0.717) is 16.8 Å². The van der Waals surface area contributed by atoms with Crippen LogP contribution in [0.2, 0.25) is 0 Å². The predicted octanol–water partition coefficient (Wildman–Crippen LogP) is 1.82. The lowest BCUT2D eigenvalue weighted by molar-refractivity contribution is -0.131. The second-order valence-electron chi connectivity index (χ2n) is 7.27. The van der Waals surface area contributed by atoms with E-state index in [2.05, 4.69) is 31.0 Å². The molecule has 1 aliphatic heterocycles. The van der Waals surface area contributed by atoms with Gasteiger partial charge in [0.05, 0.1) is 5.69 Å². The Bertz CT molecular complexity index is 1300.